The number of nitrogens with zero attached hydrogens (tertiary/aromatic N) is 2. The fraction of sp³-hybridized carbons (Fsp3) is 0.500. The van der Waals surface area contributed by atoms with Crippen molar-refractivity contribution in [3.05, 3.63) is 22.4 Å². The van der Waals surface area contributed by atoms with E-state index in [1.165, 1.54) is 6.07 Å². The van der Waals surface area contributed by atoms with Crippen LogP contribution in [0.1, 0.15) is 25.7 Å². The number of amides is 1. The van der Waals surface area contributed by atoms with Gasteiger partial charge in [0.1, 0.15) is 10.0 Å². The van der Waals surface area contributed by atoms with Gasteiger partial charge in [0.15, 0.2) is 0 Å². The summed E-state index contributed by atoms with van der Waals surface area (Å²) in [6.07, 6.45) is 4.40. The Morgan fingerprint density at radius 1 is 1.38 bits per heavy atom. The lowest BCUT2D eigenvalue weighted by atomic mass is 10.2. The molecule has 0 atom stereocenters. The second-order valence-corrected chi connectivity index (χ2v) is 7.55. The van der Waals surface area contributed by atoms with Gasteiger partial charge in [-0.05, 0) is 18.9 Å². The zero-order chi connectivity index (χ0) is 15.6. The van der Waals surface area contributed by atoms with Crippen molar-refractivity contribution in [3.8, 4) is 0 Å². The molecule has 1 heterocycles. The Labute approximate surface area is 133 Å². The van der Waals surface area contributed by atoms with Gasteiger partial charge < -0.3 is 5.73 Å². The van der Waals surface area contributed by atoms with Crippen molar-refractivity contribution in [2.24, 2.45) is 5.73 Å². The lowest BCUT2D eigenvalue weighted by Gasteiger charge is -2.26. The number of sulfonamides is 1. The van der Waals surface area contributed by atoms with Crippen LogP contribution in [0.25, 0.3) is 0 Å². The molecule has 0 spiro atoms. The van der Waals surface area contributed by atoms with E-state index in [0.29, 0.717) is 12.8 Å². The maximum absolute atomic E-state index is 12.7. The summed E-state index contributed by atoms with van der Waals surface area (Å²) in [6.45, 7) is -0.354. The summed E-state index contributed by atoms with van der Waals surface area (Å²) in [5.41, 5.74) is 5.18. The van der Waals surface area contributed by atoms with Crippen LogP contribution in [-0.4, -0.2) is 36.2 Å². The molecule has 21 heavy (non-hydrogen) atoms. The summed E-state index contributed by atoms with van der Waals surface area (Å²) >= 11 is 11.5. The standard InChI is InChI=1S/C12H15Cl2N3O3S/c13-10-5-9(6-16-12(10)14)21(19,20)17(7-11(15)18)8-3-1-2-4-8/h5-6,8H,1-4,7H2,(H2,15,18). The zero-order valence-corrected chi connectivity index (χ0v) is 13.5. The molecule has 1 aromatic rings. The molecule has 1 saturated carbocycles. The highest BCUT2D eigenvalue weighted by atomic mass is 35.5. The molecule has 1 aliphatic carbocycles. The normalized spacial score (nSPS) is 16.5. The second kappa shape index (κ2) is 6.48. The van der Waals surface area contributed by atoms with E-state index < -0.39 is 15.9 Å². The van der Waals surface area contributed by atoms with Crippen molar-refractivity contribution in [2.45, 2.75) is 36.6 Å². The molecule has 116 valence electrons. The van der Waals surface area contributed by atoms with Gasteiger partial charge in [0.25, 0.3) is 0 Å². The van der Waals surface area contributed by atoms with Crippen LogP contribution in [0.5, 0.6) is 0 Å². The molecule has 1 amide bonds. The van der Waals surface area contributed by atoms with E-state index in [2.05, 4.69) is 4.98 Å². The average molecular weight is 352 g/mol. The molecular weight excluding hydrogens is 337 g/mol. The fourth-order valence-corrected chi connectivity index (χ4v) is 4.39. The van der Waals surface area contributed by atoms with Crippen LogP contribution < -0.4 is 5.73 Å². The summed E-state index contributed by atoms with van der Waals surface area (Å²) in [4.78, 5) is 14.9. The highest BCUT2D eigenvalue weighted by Gasteiger charge is 2.34. The molecule has 0 aliphatic heterocycles. The van der Waals surface area contributed by atoms with Crippen molar-refractivity contribution in [2.75, 3.05) is 6.54 Å². The number of nitrogens with two attached hydrogens (primary N) is 1. The molecule has 1 fully saturated rings. The zero-order valence-electron chi connectivity index (χ0n) is 11.1. The average Bonchev–Trinajstić information content (AvgIpc) is 2.92. The molecule has 2 N–H and O–H groups in total. The smallest absolute Gasteiger partial charge is 0.245 e. The second-order valence-electron chi connectivity index (χ2n) is 4.90. The number of aromatic nitrogens is 1. The van der Waals surface area contributed by atoms with Crippen molar-refractivity contribution >= 4 is 39.1 Å². The molecule has 1 aliphatic rings. The minimum atomic E-state index is -3.89. The Kier molecular flexibility index (Phi) is 5.08. The molecule has 0 bridgehead atoms. The van der Waals surface area contributed by atoms with Gasteiger partial charge in [-0.15, -0.1) is 0 Å². The molecule has 9 heteroatoms. The lowest BCUT2D eigenvalue weighted by molar-refractivity contribution is -0.118. The number of halogens is 2. The molecule has 0 saturated heterocycles. The Morgan fingerprint density at radius 3 is 2.52 bits per heavy atom. The summed E-state index contributed by atoms with van der Waals surface area (Å²) in [6, 6.07) is 1.01. The molecular formula is C12H15Cl2N3O3S. The SMILES string of the molecule is NC(=O)CN(C1CCCC1)S(=O)(=O)c1cnc(Cl)c(Cl)c1. The number of carbonyl (C=O) groups excluding carboxylic acids is 1. The summed E-state index contributed by atoms with van der Waals surface area (Å²) < 4.78 is 26.5. The van der Waals surface area contributed by atoms with E-state index in [1.54, 1.807) is 0 Å². The van der Waals surface area contributed by atoms with Crippen LogP contribution in [-0.2, 0) is 14.8 Å². The van der Waals surface area contributed by atoms with Crippen molar-refractivity contribution < 1.29 is 13.2 Å². The third kappa shape index (κ3) is 3.66. The lowest BCUT2D eigenvalue weighted by Crippen LogP contribution is -2.44. The van der Waals surface area contributed by atoms with E-state index in [0.717, 1.165) is 23.3 Å². The maximum Gasteiger partial charge on any atom is 0.245 e. The van der Waals surface area contributed by atoms with Gasteiger partial charge in [-0.2, -0.15) is 4.31 Å². The quantitative estimate of drug-likeness (QED) is 0.818. The van der Waals surface area contributed by atoms with Crippen molar-refractivity contribution in [1.82, 2.24) is 9.29 Å². The first-order valence-corrected chi connectivity index (χ1v) is 8.63. The van der Waals surface area contributed by atoms with Crippen molar-refractivity contribution in [3.63, 3.8) is 0 Å². The first-order valence-electron chi connectivity index (χ1n) is 6.43. The number of carbonyl (C=O) groups is 1. The number of pyridine rings is 1. The van der Waals surface area contributed by atoms with Crippen LogP contribution in [0.2, 0.25) is 10.2 Å². The summed E-state index contributed by atoms with van der Waals surface area (Å²) in [7, 11) is -3.89. The van der Waals surface area contributed by atoms with E-state index in [4.69, 9.17) is 28.9 Å². The molecule has 0 unspecified atom stereocenters. The third-order valence-electron chi connectivity index (χ3n) is 3.42. The number of primary amides is 1. The highest BCUT2D eigenvalue weighted by Crippen LogP contribution is 2.30. The summed E-state index contributed by atoms with van der Waals surface area (Å²) in [5, 5.41) is 0.0705. The highest BCUT2D eigenvalue weighted by molar-refractivity contribution is 7.89. The molecule has 6 nitrogen and oxygen atoms in total. The Balaban J connectivity index is 2.40. The number of hydrogen-bond donors (Lipinski definition) is 1. The van der Waals surface area contributed by atoms with Gasteiger partial charge in [-0.25, -0.2) is 13.4 Å². The first-order chi connectivity index (χ1) is 9.82. The first kappa shape index (κ1) is 16.5. The molecule has 0 radical (unpaired) electrons. The minimum absolute atomic E-state index is 0.0259. The van der Waals surface area contributed by atoms with E-state index in [1.807, 2.05) is 0 Å². The number of hydrogen-bond acceptors (Lipinski definition) is 4. The molecule has 2 rings (SSSR count). The monoisotopic (exact) mass is 351 g/mol. The van der Waals surface area contributed by atoms with E-state index in [9.17, 15) is 13.2 Å². The Bertz CT molecular complexity index is 645. The van der Waals surface area contributed by atoms with Crippen LogP contribution in [0, 0.1) is 0 Å². The van der Waals surface area contributed by atoms with Gasteiger partial charge >= 0.3 is 0 Å². The molecule has 0 aromatic carbocycles. The van der Waals surface area contributed by atoms with Crippen LogP contribution in [0.4, 0.5) is 0 Å². The van der Waals surface area contributed by atoms with Gasteiger partial charge in [0.05, 0.1) is 11.6 Å². The van der Waals surface area contributed by atoms with Crippen LogP contribution >= 0.6 is 23.2 Å². The van der Waals surface area contributed by atoms with Crippen LogP contribution in [0.3, 0.4) is 0 Å². The topological polar surface area (TPSA) is 93.4 Å². The van der Waals surface area contributed by atoms with E-state index >= 15 is 0 Å². The fourth-order valence-electron chi connectivity index (χ4n) is 2.44. The van der Waals surface area contributed by atoms with Gasteiger partial charge in [0, 0.05) is 12.2 Å². The minimum Gasteiger partial charge on any atom is -0.369 e. The molecule has 1 aromatic heterocycles. The van der Waals surface area contributed by atoms with E-state index in [-0.39, 0.29) is 27.7 Å². The number of rotatable bonds is 5. The third-order valence-corrected chi connectivity index (χ3v) is 5.97. The predicted molar refractivity (Wildman–Crippen MR) is 79.6 cm³/mol. The Hall–Kier alpha value is -0.890. The predicted octanol–water partition coefficient (Wildman–Crippen LogP) is 1.81. The van der Waals surface area contributed by atoms with Crippen molar-refractivity contribution in [1.29, 1.82) is 0 Å². The Morgan fingerprint density at radius 2 is 2.00 bits per heavy atom. The summed E-state index contributed by atoms with van der Waals surface area (Å²) in [5.74, 6) is -0.696. The van der Waals surface area contributed by atoms with Gasteiger partial charge in [-0.1, -0.05) is 36.0 Å². The van der Waals surface area contributed by atoms with Gasteiger partial charge in [-0.3, -0.25) is 4.79 Å². The van der Waals surface area contributed by atoms with Crippen LogP contribution in [0.15, 0.2) is 17.2 Å². The maximum atomic E-state index is 12.7. The van der Waals surface area contributed by atoms with Gasteiger partial charge in [0.2, 0.25) is 15.9 Å². The largest absolute Gasteiger partial charge is 0.369 e.